The Morgan fingerprint density at radius 1 is 1.29 bits per heavy atom. The van der Waals surface area contributed by atoms with Crippen LogP contribution in [0.3, 0.4) is 0 Å². The molecule has 2 heterocycles. The summed E-state index contributed by atoms with van der Waals surface area (Å²) in [5.41, 5.74) is 0. The number of hydrogen-bond donors (Lipinski definition) is 1. The van der Waals surface area contributed by atoms with Gasteiger partial charge in [0.25, 0.3) is 0 Å². The van der Waals surface area contributed by atoms with Gasteiger partial charge in [-0.3, -0.25) is 0 Å². The molecule has 1 N–H and O–H groups in total. The number of nitrogens with zero attached hydrogens (tertiary/aromatic N) is 1. The number of rotatable bonds is 5. The van der Waals surface area contributed by atoms with Crippen LogP contribution >= 0.6 is 0 Å². The molecule has 0 aromatic rings. The summed E-state index contributed by atoms with van der Waals surface area (Å²) in [5, 5.41) is 3.72. The SMILES string of the molecule is CC(NCC1CCN(C(C)C)C1)C1CCOC1. The molecular weight excluding hydrogens is 212 g/mol. The van der Waals surface area contributed by atoms with E-state index in [4.69, 9.17) is 4.74 Å². The fraction of sp³-hybridized carbons (Fsp3) is 1.00. The predicted octanol–water partition coefficient (Wildman–Crippen LogP) is 1.73. The molecule has 3 atom stereocenters. The van der Waals surface area contributed by atoms with Gasteiger partial charge in [0.05, 0.1) is 6.61 Å². The maximum atomic E-state index is 5.45. The third kappa shape index (κ3) is 3.67. The molecule has 0 saturated carbocycles. The fourth-order valence-electron chi connectivity index (χ4n) is 2.96. The Labute approximate surface area is 106 Å². The second-order valence-corrected chi connectivity index (χ2v) is 6.06. The zero-order valence-corrected chi connectivity index (χ0v) is 11.6. The van der Waals surface area contributed by atoms with Crippen molar-refractivity contribution in [3.63, 3.8) is 0 Å². The highest BCUT2D eigenvalue weighted by atomic mass is 16.5. The lowest BCUT2D eigenvalue weighted by Crippen LogP contribution is -2.38. The summed E-state index contributed by atoms with van der Waals surface area (Å²) >= 11 is 0. The summed E-state index contributed by atoms with van der Waals surface area (Å²) in [6, 6.07) is 1.33. The molecule has 3 heteroatoms. The Morgan fingerprint density at radius 3 is 2.71 bits per heavy atom. The zero-order valence-electron chi connectivity index (χ0n) is 11.6. The van der Waals surface area contributed by atoms with Crippen molar-refractivity contribution in [1.82, 2.24) is 10.2 Å². The van der Waals surface area contributed by atoms with Crippen molar-refractivity contribution in [3.05, 3.63) is 0 Å². The minimum Gasteiger partial charge on any atom is -0.381 e. The molecule has 2 aliphatic rings. The third-order valence-electron chi connectivity index (χ3n) is 4.45. The van der Waals surface area contributed by atoms with Crippen molar-refractivity contribution >= 4 is 0 Å². The highest BCUT2D eigenvalue weighted by Gasteiger charge is 2.26. The van der Waals surface area contributed by atoms with Gasteiger partial charge in [-0.2, -0.15) is 0 Å². The van der Waals surface area contributed by atoms with Crippen LogP contribution in [-0.4, -0.2) is 49.8 Å². The lowest BCUT2D eigenvalue weighted by atomic mass is 10.00. The maximum absolute atomic E-state index is 5.45. The van der Waals surface area contributed by atoms with Gasteiger partial charge in [0.15, 0.2) is 0 Å². The van der Waals surface area contributed by atoms with E-state index < -0.39 is 0 Å². The highest BCUT2D eigenvalue weighted by molar-refractivity contribution is 4.82. The van der Waals surface area contributed by atoms with Crippen LogP contribution < -0.4 is 5.32 Å². The second kappa shape index (κ2) is 6.17. The van der Waals surface area contributed by atoms with Gasteiger partial charge in [0.1, 0.15) is 0 Å². The molecule has 0 radical (unpaired) electrons. The summed E-state index contributed by atoms with van der Waals surface area (Å²) in [6.45, 7) is 12.6. The standard InChI is InChI=1S/C14H28N2O/c1-11(2)16-6-4-13(9-16)8-15-12(3)14-5-7-17-10-14/h11-15H,4-10H2,1-3H3. The monoisotopic (exact) mass is 240 g/mol. The van der Waals surface area contributed by atoms with E-state index in [1.54, 1.807) is 0 Å². The molecule has 0 spiro atoms. The fourth-order valence-corrected chi connectivity index (χ4v) is 2.96. The van der Waals surface area contributed by atoms with Gasteiger partial charge in [-0.15, -0.1) is 0 Å². The van der Waals surface area contributed by atoms with Gasteiger partial charge in [-0.05, 0) is 58.5 Å². The molecule has 0 aliphatic carbocycles. The van der Waals surface area contributed by atoms with Crippen molar-refractivity contribution in [3.8, 4) is 0 Å². The molecule has 2 fully saturated rings. The minimum absolute atomic E-state index is 0.616. The van der Waals surface area contributed by atoms with Crippen molar-refractivity contribution in [2.45, 2.75) is 45.7 Å². The van der Waals surface area contributed by atoms with Crippen LogP contribution in [0.25, 0.3) is 0 Å². The van der Waals surface area contributed by atoms with Crippen LogP contribution in [0.5, 0.6) is 0 Å². The van der Waals surface area contributed by atoms with Crippen molar-refractivity contribution < 1.29 is 4.74 Å². The first-order chi connectivity index (χ1) is 8.16. The average molecular weight is 240 g/mol. The van der Waals surface area contributed by atoms with Gasteiger partial charge in [0.2, 0.25) is 0 Å². The van der Waals surface area contributed by atoms with E-state index in [1.807, 2.05) is 0 Å². The van der Waals surface area contributed by atoms with Crippen LogP contribution in [-0.2, 0) is 4.74 Å². The van der Waals surface area contributed by atoms with Gasteiger partial charge in [-0.1, -0.05) is 0 Å². The summed E-state index contributed by atoms with van der Waals surface area (Å²) in [7, 11) is 0. The molecule has 3 unspecified atom stereocenters. The number of likely N-dealkylation sites (tertiary alicyclic amines) is 1. The topological polar surface area (TPSA) is 24.5 Å². The van der Waals surface area contributed by atoms with E-state index in [9.17, 15) is 0 Å². The predicted molar refractivity (Wildman–Crippen MR) is 71.2 cm³/mol. The van der Waals surface area contributed by atoms with E-state index >= 15 is 0 Å². The van der Waals surface area contributed by atoms with Gasteiger partial charge in [0, 0.05) is 25.2 Å². The molecule has 0 bridgehead atoms. The zero-order chi connectivity index (χ0) is 12.3. The van der Waals surface area contributed by atoms with Crippen LogP contribution in [0, 0.1) is 11.8 Å². The van der Waals surface area contributed by atoms with Crippen molar-refractivity contribution in [2.24, 2.45) is 11.8 Å². The molecule has 0 aromatic heterocycles. The van der Waals surface area contributed by atoms with E-state index in [0.29, 0.717) is 12.1 Å². The quantitative estimate of drug-likeness (QED) is 0.792. The second-order valence-electron chi connectivity index (χ2n) is 6.06. The normalized spacial score (nSPS) is 32.5. The Bertz CT molecular complexity index is 226. The average Bonchev–Trinajstić information content (AvgIpc) is 2.97. The molecular formula is C14H28N2O. The minimum atomic E-state index is 0.616. The molecule has 0 amide bonds. The van der Waals surface area contributed by atoms with E-state index in [0.717, 1.165) is 25.0 Å². The first kappa shape index (κ1) is 13.3. The lowest BCUT2D eigenvalue weighted by molar-refractivity contribution is 0.177. The first-order valence-corrected chi connectivity index (χ1v) is 7.22. The number of ether oxygens (including phenoxy) is 1. The van der Waals surface area contributed by atoms with E-state index in [1.165, 1.54) is 32.5 Å². The molecule has 2 aliphatic heterocycles. The summed E-state index contributed by atoms with van der Waals surface area (Å²) in [5.74, 6) is 1.58. The number of hydrogen-bond acceptors (Lipinski definition) is 3. The summed E-state index contributed by atoms with van der Waals surface area (Å²) < 4.78 is 5.45. The van der Waals surface area contributed by atoms with Crippen molar-refractivity contribution in [1.29, 1.82) is 0 Å². The largest absolute Gasteiger partial charge is 0.381 e. The van der Waals surface area contributed by atoms with Crippen LogP contribution in [0.1, 0.15) is 33.6 Å². The third-order valence-corrected chi connectivity index (χ3v) is 4.45. The van der Waals surface area contributed by atoms with E-state index in [-0.39, 0.29) is 0 Å². The van der Waals surface area contributed by atoms with Gasteiger partial charge in [-0.25, -0.2) is 0 Å². The summed E-state index contributed by atoms with van der Waals surface area (Å²) in [6.07, 6.45) is 2.59. The van der Waals surface area contributed by atoms with Crippen LogP contribution in [0.4, 0.5) is 0 Å². The Kier molecular flexibility index (Phi) is 4.83. The van der Waals surface area contributed by atoms with Gasteiger partial charge >= 0.3 is 0 Å². The Hall–Kier alpha value is -0.120. The van der Waals surface area contributed by atoms with Crippen LogP contribution in [0.2, 0.25) is 0 Å². The Balaban J connectivity index is 1.65. The molecule has 2 rings (SSSR count). The maximum Gasteiger partial charge on any atom is 0.0509 e. The van der Waals surface area contributed by atoms with Crippen LogP contribution in [0.15, 0.2) is 0 Å². The molecule has 0 aromatic carbocycles. The Morgan fingerprint density at radius 2 is 2.12 bits per heavy atom. The molecule has 2 saturated heterocycles. The molecule has 17 heavy (non-hydrogen) atoms. The van der Waals surface area contributed by atoms with Crippen molar-refractivity contribution in [2.75, 3.05) is 32.8 Å². The first-order valence-electron chi connectivity index (χ1n) is 7.22. The highest BCUT2D eigenvalue weighted by Crippen LogP contribution is 2.20. The molecule has 3 nitrogen and oxygen atoms in total. The number of nitrogens with one attached hydrogen (secondary N) is 1. The lowest BCUT2D eigenvalue weighted by Gasteiger charge is -2.23. The van der Waals surface area contributed by atoms with E-state index in [2.05, 4.69) is 31.0 Å². The summed E-state index contributed by atoms with van der Waals surface area (Å²) in [4.78, 5) is 2.59. The smallest absolute Gasteiger partial charge is 0.0509 e. The van der Waals surface area contributed by atoms with Gasteiger partial charge < -0.3 is 15.0 Å². The molecule has 100 valence electrons.